The second-order valence-electron chi connectivity index (χ2n) is 8.22. The zero-order valence-electron chi connectivity index (χ0n) is 18.1. The molecule has 7 heteroatoms. The third-order valence-corrected chi connectivity index (χ3v) is 5.66. The number of benzene rings is 1. The number of carbonyl (C=O) groups is 1. The molecule has 0 unspecified atom stereocenters. The molecule has 0 aliphatic carbocycles. The predicted molar refractivity (Wildman–Crippen MR) is 119 cm³/mol. The third-order valence-electron chi connectivity index (χ3n) is 5.26. The Kier molecular flexibility index (Phi) is 8.08. The van der Waals surface area contributed by atoms with Crippen molar-refractivity contribution in [1.29, 1.82) is 0 Å². The first-order chi connectivity index (χ1) is 14.4. The number of hydrogen-bond acceptors (Lipinski definition) is 3. The average molecular weight is 432 g/mol. The lowest BCUT2D eigenvalue weighted by atomic mass is 10.1. The quantitative estimate of drug-likeness (QED) is 0.630. The smallest absolute Gasteiger partial charge is 0.244 e. The highest BCUT2D eigenvalue weighted by molar-refractivity contribution is 6.31. The fraction of sp³-hybridized carbons (Fsp3) is 0.478. The summed E-state index contributed by atoms with van der Waals surface area (Å²) < 4.78 is 7.24. The highest BCUT2D eigenvalue weighted by atomic mass is 35.5. The van der Waals surface area contributed by atoms with Crippen molar-refractivity contribution in [3.8, 4) is 0 Å². The monoisotopic (exact) mass is 431 g/mol. The summed E-state index contributed by atoms with van der Waals surface area (Å²) in [6, 6.07) is 8.30. The summed E-state index contributed by atoms with van der Waals surface area (Å²) in [7, 11) is 0. The lowest BCUT2D eigenvalue weighted by molar-refractivity contribution is -0.921. The highest BCUT2D eigenvalue weighted by Gasteiger charge is 2.16. The Morgan fingerprint density at radius 3 is 2.70 bits per heavy atom. The van der Waals surface area contributed by atoms with E-state index in [2.05, 4.69) is 42.5 Å². The summed E-state index contributed by atoms with van der Waals surface area (Å²) in [5, 5.41) is 8.05. The molecule has 1 amide bonds. The number of carbonyl (C=O) groups excluding carboxylic acids is 1. The molecule has 2 N–H and O–H groups in total. The van der Waals surface area contributed by atoms with Crippen LogP contribution >= 0.6 is 11.6 Å². The van der Waals surface area contributed by atoms with Gasteiger partial charge in [-0.3, -0.25) is 9.48 Å². The third kappa shape index (κ3) is 6.17. The molecular formula is C23H32ClN4O2+. The number of nitrogens with one attached hydrogen (secondary N) is 2. The van der Waals surface area contributed by atoms with Crippen LogP contribution in [0.25, 0.3) is 6.08 Å². The Bertz CT molecular complexity index is 885. The first-order valence-electron chi connectivity index (χ1n) is 10.6. The number of quaternary nitrogens is 1. The van der Waals surface area contributed by atoms with Crippen molar-refractivity contribution in [2.75, 3.05) is 26.3 Å². The summed E-state index contributed by atoms with van der Waals surface area (Å²) in [4.78, 5) is 13.9. The van der Waals surface area contributed by atoms with E-state index in [1.807, 2.05) is 13.0 Å². The zero-order valence-corrected chi connectivity index (χ0v) is 18.8. The molecule has 1 saturated heterocycles. The number of aromatic nitrogens is 2. The lowest BCUT2D eigenvalue weighted by Crippen LogP contribution is -3.12. The maximum atomic E-state index is 12.4. The molecule has 0 radical (unpaired) electrons. The number of halogens is 1. The van der Waals surface area contributed by atoms with E-state index in [9.17, 15) is 4.79 Å². The number of rotatable bonds is 8. The molecule has 1 aromatic carbocycles. The van der Waals surface area contributed by atoms with Crippen LogP contribution in [0.15, 0.2) is 30.3 Å². The Balaban J connectivity index is 1.59. The Morgan fingerprint density at radius 2 is 2.00 bits per heavy atom. The van der Waals surface area contributed by atoms with E-state index in [0.717, 1.165) is 56.2 Å². The SMILES string of the molecule is Cc1nn(CC(C)C)c(Cl)c1/C=C/C(=O)NCc1ccccc1C[NH+]1CCOCC1. The van der Waals surface area contributed by atoms with Crippen molar-refractivity contribution in [3.05, 3.63) is 57.9 Å². The van der Waals surface area contributed by atoms with Gasteiger partial charge < -0.3 is 15.0 Å². The van der Waals surface area contributed by atoms with E-state index in [4.69, 9.17) is 16.3 Å². The second kappa shape index (κ2) is 10.8. The zero-order chi connectivity index (χ0) is 21.5. The summed E-state index contributed by atoms with van der Waals surface area (Å²) in [6.07, 6.45) is 3.28. The number of nitrogens with zero attached hydrogens (tertiary/aromatic N) is 2. The standard InChI is InChI=1S/C23H31ClN4O2/c1-17(2)15-28-23(24)21(18(3)26-28)8-9-22(29)25-14-19-6-4-5-7-20(19)16-27-10-12-30-13-11-27/h4-9,17H,10-16H2,1-3H3,(H,25,29)/p+1/b9-8+. The Labute approximate surface area is 183 Å². The minimum atomic E-state index is -0.143. The second-order valence-corrected chi connectivity index (χ2v) is 8.58. The Morgan fingerprint density at radius 1 is 1.30 bits per heavy atom. The van der Waals surface area contributed by atoms with E-state index < -0.39 is 0 Å². The van der Waals surface area contributed by atoms with Crippen molar-refractivity contribution in [1.82, 2.24) is 15.1 Å². The maximum absolute atomic E-state index is 12.4. The molecule has 2 aromatic rings. The van der Waals surface area contributed by atoms with Gasteiger partial charge >= 0.3 is 0 Å². The minimum Gasteiger partial charge on any atom is -0.370 e. The van der Waals surface area contributed by atoms with Crippen molar-refractivity contribution in [3.63, 3.8) is 0 Å². The van der Waals surface area contributed by atoms with Gasteiger partial charge in [0.1, 0.15) is 24.8 Å². The van der Waals surface area contributed by atoms with E-state index in [-0.39, 0.29) is 5.91 Å². The van der Waals surface area contributed by atoms with Crippen LogP contribution in [-0.2, 0) is 29.2 Å². The largest absolute Gasteiger partial charge is 0.370 e. The van der Waals surface area contributed by atoms with Gasteiger partial charge in [0.25, 0.3) is 0 Å². The maximum Gasteiger partial charge on any atom is 0.244 e. The fourth-order valence-corrected chi connectivity index (χ4v) is 3.94. The molecule has 30 heavy (non-hydrogen) atoms. The molecule has 1 fully saturated rings. The van der Waals surface area contributed by atoms with Crippen LogP contribution in [0, 0.1) is 12.8 Å². The molecule has 3 rings (SSSR count). The van der Waals surface area contributed by atoms with Crippen molar-refractivity contribution >= 4 is 23.6 Å². The molecule has 0 atom stereocenters. The van der Waals surface area contributed by atoms with Crippen LogP contribution in [0.1, 0.15) is 36.2 Å². The van der Waals surface area contributed by atoms with Gasteiger partial charge in [0.05, 0.1) is 18.9 Å². The van der Waals surface area contributed by atoms with E-state index in [0.29, 0.717) is 17.6 Å². The molecule has 1 aromatic heterocycles. The molecule has 6 nitrogen and oxygen atoms in total. The van der Waals surface area contributed by atoms with Crippen LogP contribution in [0.4, 0.5) is 0 Å². The number of aryl methyl sites for hydroxylation is 1. The lowest BCUT2D eigenvalue weighted by Gasteiger charge is -2.24. The normalized spacial score (nSPS) is 15.2. The fourth-order valence-electron chi connectivity index (χ4n) is 3.63. The number of hydrogen-bond donors (Lipinski definition) is 2. The van der Waals surface area contributed by atoms with Gasteiger partial charge in [-0.2, -0.15) is 5.10 Å². The van der Waals surface area contributed by atoms with Gasteiger partial charge in [-0.15, -0.1) is 0 Å². The van der Waals surface area contributed by atoms with Gasteiger partial charge in [-0.25, -0.2) is 0 Å². The molecule has 1 aliphatic heterocycles. The summed E-state index contributed by atoms with van der Waals surface area (Å²) in [6.45, 7) is 12.0. The number of morpholine rings is 1. The molecule has 162 valence electrons. The van der Waals surface area contributed by atoms with Gasteiger partial charge in [0.15, 0.2) is 0 Å². The highest BCUT2D eigenvalue weighted by Crippen LogP contribution is 2.22. The average Bonchev–Trinajstić information content (AvgIpc) is 2.98. The Hall–Kier alpha value is -2.15. The topological polar surface area (TPSA) is 60.6 Å². The van der Waals surface area contributed by atoms with Crippen LogP contribution < -0.4 is 10.2 Å². The first-order valence-corrected chi connectivity index (χ1v) is 11.0. The van der Waals surface area contributed by atoms with Crippen LogP contribution in [0.3, 0.4) is 0 Å². The molecule has 0 saturated carbocycles. The van der Waals surface area contributed by atoms with Crippen LogP contribution in [0.5, 0.6) is 0 Å². The predicted octanol–water partition coefficient (Wildman–Crippen LogP) is 2.25. The van der Waals surface area contributed by atoms with Gasteiger partial charge in [0.2, 0.25) is 5.91 Å². The van der Waals surface area contributed by atoms with E-state index in [1.54, 1.807) is 10.8 Å². The van der Waals surface area contributed by atoms with Gasteiger partial charge in [-0.1, -0.05) is 49.7 Å². The van der Waals surface area contributed by atoms with E-state index >= 15 is 0 Å². The van der Waals surface area contributed by atoms with Crippen molar-refractivity contribution < 1.29 is 14.4 Å². The van der Waals surface area contributed by atoms with Gasteiger partial charge in [0, 0.05) is 30.3 Å². The molecule has 0 bridgehead atoms. The molecular weight excluding hydrogens is 400 g/mol. The minimum absolute atomic E-state index is 0.143. The van der Waals surface area contributed by atoms with Crippen molar-refractivity contribution in [2.24, 2.45) is 5.92 Å². The molecule has 1 aliphatic rings. The summed E-state index contributed by atoms with van der Waals surface area (Å²) in [5.74, 6) is 0.303. The summed E-state index contributed by atoms with van der Waals surface area (Å²) >= 11 is 6.45. The molecule has 0 spiro atoms. The van der Waals surface area contributed by atoms with Crippen LogP contribution in [0.2, 0.25) is 5.15 Å². The summed E-state index contributed by atoms with van der Waals surface area (Å²) in [5.41, 5.74) is 4.04. The van der Waals surface area contributed by atoms with Gasteiger partial charge in [-0.05, 0) is 24.5 Å². The number of ether oxygens (including phenoxy) is 1. The van der Waals surface area contributed by atoms with E-state index in [1.165, 1.54) is 16.5 Å². The van der Waals surface area contributed by atoms with Crippen molar-refractivity contribution in [2.45, 2.75) is 40.4 Å². The first kappa shape index (κ1) is 22.5. The molecule has 2 heterocycles. The number of amides is 1. The van der Waals surface area contributed by atoms with Crippen LogP contribution in [-0.4, -0.2) is 42.0 Å².